The summed E-state index contributed by atoms with van der Waals surface area (Å²) >= 11 is 0. The van der Waals surface area contributed by atoms with Crippen molar-refractivity contribution in [1.29, 1.82) is 0 Å². The summed E-state index contributed by atoms with van der Waals surface area (Å²) in [6.07, 6.45) is 7.19. The van der Waals surface area contributed by atoms with E-state index in [0.29, 0.717) is 6.61 Å². The first-order valence-corrected chi connectivity index (χ1v) is 7.82. The lowest BCUT2D eigenvalue weighted by Gasteiger charge is -2.35. The summed E-state index contributed by atoms with van der Waals surface area (Å²) in [5, 5.41) is 0. The van der Waals surface area contributed by atoms with E-state index in [1.54, 1.807) is 0 Å². The molecule has 4 heteroatoms. The molecule has 3 heterocycles. The van der Waals surface area contributed by atoms with Crippen LogP contribution in [0.2, 0.25) is 0 Å². The van der Waals surface area contributed by atoms with Gasteiger partial charge < -0.3 is 14.4 Å². The molecule has 0 N–H and O–H groups in total. The van der Waals surface area contributed by atoms with E-state index in [-0.39, 0.29) is 5.41 Å². The van der Waals surface area contributed by atoms with Gasteiger partial charge in [0.05, 0.1) is 12.0 Å². The molecule has 2 unspecified atom stereocenters. The quantitative estimate of drug-likeness (QED) is 0.715. The molecule has 0 amide bonds. The number of likely N-dealkylation sites (tertiary alicyclic amines) is 2. The Hall–Kier alpha value is -0.450. The van der Waals surface area contributed by atoms with Crippen LogP contribution in [0.3, 0.4) is 0 Å². The number of rotatable bonds is 4. The van der Waals surface area contributed by atoms with E-state index in [4.69, 9.17) is 4.74 Å². The highest BCUT2D eigenvalue weighted by molar-refractivity contribution is 5.60. The van der Waals surface area contributed by atoms with Gasteiger partial charge in [0.1, 0.15) is 6.29 Å². The van der Waals surface area contributed by atoms with Crippen molar-refractivity contribution in [2.75, 3.05) is 45.9 Å². The van der Waals surface area contributed by atoms with Gasteiger partial charge in [-0.05, 0) is 51.7 Å². The van der Waals surface area contributed by atoms with Crippen molar-refractivity contribution in [1.82, 2.24) is 9.80 Å². The van der Waals surface area contributed by atoms with Gasteiger partial charge in [-0.2, -0.15) is 0 Å². The zero-order valence-corrected chi connectivity index (χ0v) is 11.9. The van der Waals surface area contributed by atoms with Crippen LogP contribution in [0.5, 0.6) is 0 Å². The number of hydrogen-bond donors (Lipinski definition) is 0. The van der Waals surface area contributed by atoms with E-state index in [0.717, 1.165) is 51.4 Å². The summed E-state index contributed by atoms with van der Waals surface area (Å²) in [5.41, 5.74) is -0.224. The van der Waals surface area contributed by atoms with Gasteiger partial charge in [0.25, 0.3) is 0 Å². The second kappa shape index (κ2) is 5.90. The second-order valence-corrected chi connectivity index (χ2v) is 6.56. The Balaban J connectivity index is 1.54. The molecule has 0 aromatic heterocycles. The Morgan fingerprint density at radius 2 is 2.05 bits per heavy atom. The Bertz CT molecular complexity index is 309. The summed E-state index contributed by atoms with van der Waals surface area (Å²) < 4.78 is 5.54. The fourth-order valence-corrected chi connectivity index (χ4v) is 3.93. The number of hydrogen-bond acceptors (Lipinski definition) is 4. The number of carbonyl (C=O) groups is 1. The topological polar surface area (TPSA) is 32.8 Å². The third-order valence-electron chi connectivity index (χ3n) is 5.05. The van der Waals surface area contributed by atoms with Gasteiger partial charge in [-0.3, -0.25) is 4.90 Å². The lowest BCUT2D eigenvalue weighted by molar-refractivity contribution is -0.125. The van der Waals surface area contributed by atoms with Crippen molar-refractivity contribution in [2.24, 2.45) is 5.41 Å². The average Bonchev–Trinajstić information content (AvgIpc) is 3.10. The van der Waals surface area contributed by atoms with Crippen LogP contribution < -0.4 is 0 Å². The molecule has 0 aromatic carbocycles. The third kappa shape index (κ3) is 3.01. The summed E-state index contributed by atoms with van der Waals surface area (Å²) in [5.74, 6) is 0. The van der Waals surface area contributed by atoms with Gasteiger partial charge in [0.2, 0.25) is 0 Å². The molecule has 0 aliphatic carbocycles. The maximum absolute atomic E-state index is 11.5. The SMILES string of the molecule is O=CC1(CN2CCC(N3CCCC3)C2)CCCOC1. The molecule has 3 rings (SSSR count). The molecular weight excluding hydrogens is 240 g/mol. The van der Waals surface area contributed by atoms with Gasteiger partial charge in [-0.25, -0.2) is 0 Å². The van der Waals surface area contributed by atoms with E-state index < -0.39 is 0 Å². The molecule has 3 aliphatic rings. The fourth-order valence-electron chi connectivity index (χ4n) is 3.93. The van der Waals surface area contributed by atoms with Crippen LogP contribution in [0.15, 0.2) is 0 Å². The summed E-state index contributed by atoms with van der Waals surface area (Å²) in [4.78, 5) is 16.6. The third-order valence-corrected chi connectivity index (χ3v) is 5.05. The van der Waals surface area contributed by atoms with Crippen LogP contribution in [-0.4, -0.2) is 68.1 Å². The Labute approximate surface area is 116 Å². The van der Waals surface area contributed by atoms with E-state index in [2.05, 4.69) is 9.80 Å². The van der Waals surface area contributed by atoms with Crippen molar-refractivity contribution < 1.29 is 9.53 Å². The maximum Gasteiger partial charge on any atom is 0.129 e. The Kier molecular flexibility index (Phi) is 4.20. The predicted molar refractivity (Wildman–Crippen MR) is 74.2 cm³/mol. The van der Waals surface area contributed by atoms with Crippen LogP contribution in [0.25, 0.3) is 0 Å². The van der Waals surface area contributed by atoms with Crippen molar-refractivity contribution in [3.63, 3.8) is 0 Å². The monoisotopic (exact) mass is 266 g/mol. The Morgan fingerprint density at radius 3 is 2.74 bits per heavy atom. The normalized spacial score (nSPS) is 37.8. The molecule has 3 aliphatic heterocycles. The fraction of sp³-hybridized carbons (Fsp3) is 0.933. The first kappa shape index (κ1) is 13.5. The molecule has 0 aromatic rings. The highest BCUT2D eigenvalue weighted by atomic mass is 16.5. The van der Waals surface area contributed by atoms with Gasteiger partial charge >= 0.3 is 0 Å². The zero-order chi connectivity index (χ0) is 13.1. The first-order chi connectivity index (χ1) is 9.31. The molecule has 0 bridgehead atoms. The van der Waals surface area contributed by atoms with Crippen molar-refractivity contribution in [3.8, 4) is 0 Å². The number of aldehydes is 1. The largest absolute Gasteiger partial charge is 0.380 e. The molecule has 19 heavy (non-hydrogen) atoms. The van der Waals surface area contributed by atoms with Crippen LogP contribution >= 0.6 is 0 Å². The van der Waals surface area contributed by atoms with Gasteiger partial charge in [0, 0.05) is 25.7 Å². The lowest BCUT2D eigenvalue weighted by atomic mass is 9.83. The van der Waals surface area contributed by atoms with Crippen molar-refractivity contribution in [2.45, 2.75) is 38.1 Å². The molecule has 0 spiro atoms. The van der Waals surface area contributed by atoms with E-state index in [1.807, 2.05) is 0 Å². The van der Waals surface area contributed by atoms with Crippen molar-refractivity contribution in [3.05, 3.63) is 0 Å². The van der Waals surface area contributed by atoms with Gasteiger partial charge in [-0.15, -0.1) is 0 Å². The predicted octanol–water partition coefficient (Wildman–Crippen LogP) is 1.15. The molecule has 3 fully saturated rings. The smallest absolute Gasteiger partial charge is 0.129 e. The molecule has 0 radical (unpaired) electrons. The highest BCUT2D eigenvalue weighted by Gasteiger charge is 2.37. The molecule has 2 atom stereocenters. The molecule has 3 saturated heterocycles. The van der Waals surface area contributed by atoms with Gasteiger partial charge in [0.15, 0.2) is 0 Å². The minimum atomic E-state index is -0.224. The molecule has 4 nitrogen and oxygen atoms in total. The summed E-state index contributed by atoms with van der Waals surface area (Å²) in [6.45, 7) is 7.21. The highest BCUT2D eigenvalue weighted by Crippen LogP contribution is 2.30. The minimum Gasteiger partial charge on any atom is -0.380 e. The van der Waals surface area contributed by atoms with Crippen LogP contribution in [0, 0.1) is 5.41 Å². The van der Waals surface area contributed by atoms with E-state index in [1.165, 1.54) is 32.4 Å². The first-order valence-electron chi connectivity index (χ1n) is 7.82. The number of nitrogens with zero attached hydrogens (tertiary/aromatic N) is 2. The van der Waals surface area contributed by atoms with E-state index in [9.17, 15) is 4.79 Å². The molecular formula is C15H26N2O2. The Morgan fingerprint density at radius 1 is 1.21 bits per heavy atom. The standard InChI is InChI=1S/C15H26N2O2/c18-12-15(5-3-9-19-13-15)11-16-8-4-14(10-16)17-6-1-2-7-17/h12,14H,1-11,13H2. The van der Waals surface area contributed by atoms with Crippen molar-refractivity contribution >= 4 is 6.29 Å². The average molecular weight is 266 g/mol. The lowest BCUT2D eigenvalue weighted by Crippen LogP contribution is -2.44. The van der Waals surface area contributed by atoms with Crippen LogP contribution in [0.1, 0.15) is 32.1 Å². The zero-order valence-electron chi connectivity index (χ0n) is 11.9. The summed E-state index contributed by atoms with van der Waals surface area (Å²) in [6, 6.07) is 0.732. The molecule has 108 valence electrons. The maximum atomic E-state index is 11.5. The number of ether oxygens (including phenoxy) is 1. The molecule has 0 saturated carbocycles. The second-order valence-electron chi connectivity index (χ2n) is 6.56. The van der Waals surface area contributed by atoms with Crippen LogP contribution in [-0.2, 0) is 9.53 Å². The summed E-state index contributed by atoms with van der Waals surface area (Å²) in [7, 11) is 0. The minimum absolute atomic E-state index is 0.224. The van der Waals surface area contributed by atoms with Gasteiger partial charge in [-0.1, -0.05) is 0 Å². The number of carbonyl (C=O) groups excluding carboxylic acids is 1. The van der Waals surface area contributed by atoms with E-state index >= 15 is 0 Å². The van der Waals surface area contributed by atoms with Crippen LogP contribution in [0.4, 0.5) is 0 Å².